The molecule has 2 rings (SSSR count). The van der Waals surface area contributed by atoms with Gasteiger partial charge in [0.15, 0.2) is 11.6 Å². The van der Waals surface area contributed by atoms with Gasteiger partial charge in [-0.05, 0) is 17.7 Å². The number of phenolic OH excluding ortho intramolecular Hbond substituents is 1. The molecular formula is C15H15FN2O2. The fourth-order valence-corrected chi connectivity index (χ4v) is 1.81. The van der Waals surface area contributed by atoms with Crippen molar-refractivity contribution in [3.05, 3.63) is 59.9 Å². The largest absolute Gasteiger partial charge is 0.505 e. The lowest BCUT2D eigenvalue weighted by Crippen LogP contribution is -2.20. The SMILES string of the molecule is NC(CC(=O)Nc1ccc(O)c(F)c1)c1ccccc1. The maximum atomic E-state index is 13.1. The molecule has 0 bridgehead atoms. The second-order valence-corrected chi connectivity index (χ2v) is 4.44. The van der Waals surface area contributed by atoms with Crippen LogP contribution in [-0.4, -0.2) is 11.0 Å². The zero-order valence-electron chi connectivity index (χ0n) is 10.7. The highest BCUT2D eigenvalue weighted by atomic mass is 19.1. The molecule has 0 heterocycles. The van der Waals surface area contributed by atoms with E-state index in [4.69, 9.17) is 10.8 Å². The summed E-state index contributed by atoms with van der Waals surface area (Å²) in [4.78, 5) is 11.8. The molecule has 1 unspecified atom stereocenters. The fourth-order valence-electron chi connectivity index (χ4n) is 1.81. The standard InChI is InChI=1S/C15H15FN2O2/c16-12-8-11(6-7-14(12)19)18-15(20)9-13(17)10-4-2-1-3-5-10/h1-8,13,19H,9,17H2,(H,18,20). The highest BCUT2D eigenvalue weighted by molar-refractivity contribution is 5.91. The first kappa shape index (κ1) is 14.0. The third kappa shape index (κ3) is 3.55. The van der Waals surface area contributed by atoms with E-state index in [-0.39, 0.29) is 18.0 Å². The third-order valence-electron chi connectivity index (χ3n) is 2.86. The molecule has 0 saturated carbocycles. The number of benzene rings is 2. The summed E-state index contributed by atoms with van der Waals surface area (Å²) >= 11 is 0. The number of aromatic hydroxyl groups is 1. The highest BCUT2D eigenvalue weighted by Gasteiger charge is 2.12. The molecule has 104 valence electrons. The first-order valence-electron chi connectivity index (χ1n) is 6.15. The number of carbonyl (C=O) groups excluding carboxylic acids is 1. The van der Waals surface area contributed by atoms with Crippen LogP contribution in [0.2, 0.25) is 0 Å². The van der Waals surface area contributed by atoms with Gasteiger partial charge < -0.3 is 16.2 Å². The molecule has 20 heavy (non-hydrogen) atoms. The lowest BCUT2D eigenvalue weighted by molar-refractivity contribution is -0.116. The van der Waals surface area contributed by atoms with Gasteiger partial charge in [-0.15, -0.1) is 0 Å². The molecule has 2 aromatic rings. The van der Waals surface area contributed by atoms with Crippen LogP contribution in [0.1, 0.15) is 18.0 Å². The molecule has 1 amide bonds. The second-order valence-electron chi connectivity index (χ2n) is 4.44. The van der Waals surface area contributed by atoms with Crippen LogP contribution >= 0.6 is 0 Å². The normalized spacial score (nSPS) is 11.9. The van der Waals surface area contributed by atoms with Crippen molar-refractivity contribution in [3.63, 3.8) is 0 Å². The maximum absolute atomic E-state index is 13.1. The van der Waals surface area contributed by atoms with Crippen molar-refractivity contribution in [2.24, 2.45) is 5.73 Å². The van der Waals surface area contributed by atoms with Gasteiger partial charge in [-0.25, -0.2) is 4.39 Å². The number of nitrogens with one attached hydrogen (secondary N) is 1. The Hall–Kier alpha value is -2.40. The van der Waals surface area contributed by atoms with Crippen LogP contribution in [-0.2, 0) is 4.79 Å². The number of halogens is 1. The summed E-state index contributed by atoms with van der Waals surface area (Å²) in [5.41, 5.74) is 7.07. The highest BCUT2D eigenvalue weighted by Crippen LogP contribution is 2.20. The molecule has 0 aliphatic heterocycles. The number of carbonyl (C=O) groups is 1. The van der Waals surface area contributed by atoms with Crippen molar-refractivity contribution in [2.75, 3.05) is 5.32 Å². The third-order valence-corrected chi connectivity index (χ3v) is 2.86. The minimum Gasteiger partial charge on any atom is -0.505 e. The Kier molecular flexibility index (Phi) is 4.32. The Bertz CT molecular complexity index is 602. The minimum atomic E-state index is -0.782. The number of phenols is 1. The van der Waals surface area contributed by atoms with Crippen molar-refractivity contribution in [1.29, 1.82) is 0 Å². The van der Waals surface area contributed by atoms with Gasteiger partial charge in [0.05, 0.1) is 0 Å². The smallest absolute Gasteiger partial charge is 0.226 e. The van der Waals surface area contributed by atoms with Gasteiger partial charge in [0.2, 0.25) is 5.91 Å². The van der Waals surface area contributed by atoms with Gasteiger partial charge in [-0.2, -0.15) is 0 Å². The van der Waals surface area contributed by atoms with Gasteiger partial charge in [0, 0.05) is 24.2 Å². The van der Waals surface area contributed by atoms with Crippen LogP contribution < -0.4 is 11.1 Å². The van der Waals surface area contributed by atoms with Crippen molar-refractivity contribution < 1.29 is 14.3 Å². The Morgan fingerprint density at radius 1 is 1.25 bits per heavy atom. The summed E-state index contributed by atoms with van der Waals surface area (Å²) in [7, 11) is 0. The van der Waals surface area contributed by atoms with E-state index in [2.05, 4.69) is 5.32 Å². The van der Waals surface area contributed by atoms with Crippen LogP contribution in [0.5, 0.6) is 5.75 Å². The number of hydrogen-bond acceptors (Lipinski definition) is 3. The van der Waals surface area contributed by atoms with Crippen molar-refractivity contribution in [1.82, 2.24) is 0 Å². The monoisotopic (exact) mass is 274 g/mol. The van der Waals surface area contributed by atoms with Gasteiger partial charge in [-0.1, -0.05) is 30.3 Å². The van der Waals surface area contributed by atoms with Crippen LogP contribution in [0.3, 0.4) is 0 Å². The van der Waals surface area contributed by atoms with E-state index in [9.17, 15) is 9.18 Å². The van der Waals surface area contributed by atoms with Gasteiger partial charge in [0.1, 0.15) is 0 Å². The average Bonchev–Trinajstić information content (AvgIpc) is 2.44. The summed E-state index contributed by atoms with van der Waals surface area (Å²) in [5, 5.41) is 11.6. The van der Waals surface area contributed by atoms with E-state index < -0.39 is 17.6 Å². The van der Waals surface area contributed by atoms with Gasteiger partial charge >= 0.3 is 0 Å². The molecule has 0 spiro atoms. The van der Waals surface area contributed by atoms with Gasteiger partial charge in [-0.3, -0.25) is 4.79 Å². The van der Waals surface area contributed by atoms with Crippen LogP contribution in [0.25, 0.3) is 0 Å². The summed E-state index contributed by atoms with van der Waals surface area (Å²) in [6, 6.07) is 12.5. The molecule has 1 atom stereocenters. The quantitative estimate of drug-likeness (QED) is 0.750. The average molecular weight is 274 g/mol. The summed E-state index contributed by atoms with van der Waals surface area (Å²) in [5.74, 6) is -1.55. The Morgan fingerprint density at radius 3 is 2.60 bits per heavy atom. The fraction of sp³-hybridized carbons (Fsp3) is 0.133. The van der Waals surface area contributed by atoms with E-state index >= 15 is 0 Å². The van der Waals surface area contributed by atoms with E-state index in [1.165, 1.54) is 12.1 Å². The predicted octanol–water partition coefficient (Wildman–Crippen LogP) is 2.56. The molecule has 0 radical (unpaired) electrons. The topological polar surface area (TPSA) is 75.4 Å². The minimum absolute atomic E-state index is 0.0898. The molecule has 0 aliphatic rings. The van der Waals surface area contributed by atoms with E-state index in [1.54, 1.807) is 0 Å². The zero-order chi connectivity index (χ0) is 14.5. The molecule has 0 fully saturated rings. The number of rotatable bonds is 4. The summed E-state index contributed by atoms with van der Waals surface area (Å²) in [6.45, 7) is 0. The van der Waals surface area contributed by atoms with Crippen molar-refractivity contribution in [3.8, 4) is 5.75 Å². The molecule has 5 heteroatoms. The van der Waals surface area contributed by atoms with E-state index in [0.717, 1.165) is 11.6 Å². The summed E-state index contributed by atoms with van der Waals surface area (Å²) < 4.78 is 13.1. The number of nitrogens with two attached hydrogens (primary N) is 1. The van der Waals surface area contributed by atoms with Gasteiger partial charge in [0.25, 0.3) is 0 Å². The van der Waals surface area contributed by atoms with E-state index in [0.29, 0.717) is 0 Å². The lowest BCUT2D eigenvalue weighted by Gasteiger charge is -2.12. The van der Waals surface area contributed by atoms with E-state index in [1.807, 2.05) is 30.3 Å². The lowest BCUT2D eigenvalue weighted by atomic mass is 10.0. The zero-order valence-corrected chi connectivity index (χ0v) is 10.7. The number of hydrogen-bond donors (Lipinski definition) is 3. The summed E-state index contributed by atoms with van der Waals surface area (Å²) in [6.07, 6.45) is 0.0898. The molecule has 4 N–H and O–H groups in total. The molecule has 0 saturated heterocycles. The van der Waals surface area contributed by atoms with Crippen LogP contribution in [0.4, 0.5) is 10.1 Å². The Labute approximate surface area is 116 Å². The second kappa shape index (κ2) is 6.16. The van der Waals surface area contributed by atoms with Crippen LogP contribution in [0.15, 0.2) is 48.5 Å². The first-order chi connectivity index (χ1) is 9.56. The Morgan fingerprint density at radius 2 is 1.95 bits per heavy atom. The number of anilines is 1. The van der Waals surface area contributed by atoms with Crippen LogP contribution in [0, 0.1) is 5.82 Å². The Balaban J connectivity index is 1.97. The molecule has 0 aliphatic carbocycles. The van der Waals surface area contributed by atoms with Crippen molar-refractivity contribution in [2.45, 2.75) is 12.5 Å². The van der Waals surface area contributed by atoms with Crippen molar-refractivity contribution >= 4 is 11.6 Å². The molecule has 2 aromatic carbocycles. The molecular weight excluding hydrogens is 259 g/mol. The number of amides is 1. The maximum Gasteiger partial charge on any atom is 0.226 e. The molecule has 4 nitrogen and oxygen atoms in total. The first-order valence-corrected chi connectivity index (χ1v) is 6.15. The molecule has 0 aromatic heterocycles. The predicted molar refractivity (Wildman–Crippen MR) is 74.7 cm³/mol.